The summed E-state index contributed by atoms with van der Waals surface area (Å²) >= 11 is 1.60. The Balaban J connectivity index is 2.72. The molecule has 3 nitrogen and oxygen atoms in total. The first kappa shape index (κ1) is 11.9. The minimum Gasteiger partial charge on any atom is -0.378 e. The molecule has 0 aliphatic rings. The van der Waals surface area contributed by atoms with Gasteiger partial charge in [0.05, 0.1) is 0 Å². The van der Waals surface area contributed by atoms with Crippen molar-refractivity contribution in [1.29, 1.82) is 0 Å². The molecule has 0 fully saturated rings. The maximum Gasteiger partial charge on any atom is 0.160 e. The number of hydrogen-bond acceptors (Lipinski definition) is 3. The van der Waals surface area contributed by atoms with E-state index in [2.05, 4.69) is 39.5 Å². The lowest BCUT2D eigenvalue weighted by Gasteiger charge is -2.13. The predicted molar refractivity (Wildman–Crippen MR) is 71.3 cm³/mol. The number of aliphatic imine (C=N–C) groups is 1. The topological polar surface area (TPSA) is 27.6 Å². The highest BCUT2D eigenvalue weighted by atomic mass is 32.2. The molecule has 0 atom stereocenters. The highest BCUT2D eigenvalue weighted by Gasteiger charge is 1.98. The molecule has 1 aromatic carbocycles. The Hall–Kier alpha value is -1.16. The lowest BCUT2D eigenvalue weighted by atomic mass is 10.3. The Morgan fingerprint density at radius 2 is 1.87 bits per heavy atom. The van der Waals surface area contributed by atoms with Crippen LogP contribution < -0.4 is 10.2 Å². The quantitative estimate of drug-likeness (QED) is 0.616. The predicted octanol–water partition coefficient (Wildman–Crippen LogP) is 2.51. The van der Waals surface area contributed by atoms with Gasteiger partial charge in [-0.3, -0.25) is 4.99 Å². The van der Waals surface area contributed by atoms with Crippen molar-refractivity contribution in [1.82, 2.24) is 0 Å². The minimum absolute atomic E-state index is 0.924. The van der Waals surface area contributed by atoms with E-state index in [-0.39, 0.29) is 0 Å². The largest absolute Gasteiger partial charge is 0.378 e. The van der Waals surface area contributed by atoms with E-state index in [4.69, 9.17) is 0 Å². The number of amidine groups is 1. The van der Waals surface area contributed by atoms with Crippen LogP contribution in [0, 0.1) is 0 Å². The van der Waals surface area contributed by atoms with Gasteiger partial charge in [-0.25, -0.2) is 0 Å². The van der Waals surface area contributed by atoms with Crippen LogP contribution in [0.5, 0.6) is 0 Å². The zero-order valence-corrected chi connectivity index (χ0v) is 10.4. The van der Waals surface area contributed by atoms with E-state index >= 15 is 0 Å². The molecule has 0 aromatic heterocycles. The van der Waals surface area contributed by atoms with Crippen LogP contribution in [0.3, 0.4) is 0 Å². The Kier molecular flexibility index (Phi) is 4.49. The van der Waals surface area contributed by atoms with Gasteiger partial charge in [0.1, 0.15) is 0 Å². The molecule has 0 saturated carbocycles. The third kappa shape index (κ3) is 3.47. The summed E-state index contributed by atoms with van der Waals surface area (Å²) in [4.78, 5) is 6.19. The second kappa shape index (κ2) is 5.66. The number of thioether (sulfide) groups is 1. The van der Waals surface area contributed by atoms with Crippen molar-refractivity contribution in [2.24, 2.45) is 4.99 Å². The van der Waals surface area contributed by atoms with Crippen molar-refractivity contribution in [3.63, 3.8) is 0 Å². The molecule has 0 unspecified atom stereocenters. The molecule has 0 aliphatic carbocycles. The van der Waals surface area contributed by atoms with E-state index in [1.165, 1.54) is 5.69 Å². The van der Waals surface area contributed by atoms with Crippen LogP contribution in [-0.4, -0.2) is 32.6 Å². The second-order valence-electron chi connectivity index (χ2n) is 3.30. The van der Waals surface area contributed by atoms with E-state index in [1.807, 2.05) is 20.4 Å². The van der Waals surface area contributed by atoms with Crippen molar-refractivity contribution in [3.8, 4) is 0 Å². The molecule has 4 heteroatoms. The maximum atomic E-state index is 4.12. The summed E-state index contributed by atoms with van der Waals surface area (Å²) in [5, 5.41) is 4.16. The number of nitrogens with zero attached hydrogens (tertiary/aromatic N) is 2. The molecule has 0 amide bonds. The smallest absolute Gasteiger partial charge is 0.160 e. The van der Waals surface area contributed by atoms with Crippen LogP contribution in [0.4, 0.5) is 11.4 Å². The summed E-state index contributed by atoms with van der Waals surface area (Å²) < 4.78 is 0. The van der Waals surface area contributed by atoms with Crippen LogP contribution in [0.25, 0.3) is 0 Å². The van der Waals surface area contributed by atoms with Crippen molar-refractivity contribution in [2.75, 3.05) is 37.6 Å². The monoisotopic (exact) mass is 223 g/mol. The van der Waals surface area contributed by atoms with Crippen LogP contribution in [0.15, 0.2) is 29.3 Å². The van der Waals surface area contributed by atoms with E-state index in [0.717, 1.165) is 10.9 Å². The minimum atomic E-state index is 0.924. The highest BCUT2D eigenvalue weighted by Crippen LogP contribution is 2.16. The summed E-state index contributed by atoms with van der Waals surface area (Å²) in [6.45, 7) is 0. The van der Waals surface area contributed by atoms with Gasteiger partial charge in [-0.15, -0.1) is 0 Å². The van der Waals surface area contributed by atoms with E-state index < -0.39 is 0 Å². The van der Waals surface area contributed by atoms with Gasteiger partial charge in [-0.05, 0) is 30.5 Å². The Labute approximate surface area is 95.6 Å². The summed E-state index contributed by atoms with van der Waals surface area (Å²) in [7, 11) is 5.85. The molecule has 0 spiro atoms. The lowest BCUT2D eigenvalue weighted by Crippen LogP contribution is -2.09. The number of rotatable bonds is 2. The van der Waals surface area contributed by atoms with Gasteiger partial charge in [-0.2, -0.15) is 0 Å². The number of hydrogen-bond donors (Lipinski definition) is 1. The molecule has 0 saturated heterocycles. The van der Waals surface area contributed by atoms with E-state index in [1.54, 1.807) is 18.8 Å². The molecule has 15 heavy (non-hydrogen) atoms. The highest BCUT2D eigenvalue weighted by molar-refractivity contribution is 8.13. The average Bonchev–Trinajstić information content (AvgIpc) is 2.26. The molecule has 1 aromatic rings. The Morgan fingerprint density at radius 3 is 2.27 bits per heavy atom. The number of benzene rings is 1. The Morgan fingerprint density at radius 1 is 1.27 bits per heavy atom. The van der Waals surface area contributed by atoms with Gasteiger partial charge >= 0.3 is 0 Å². The normalized spacial score (nSPS) is 11.3. The lowest BCUT2D eigenvalue weighted by molar-refractivity contribution is 1.13. The summed E-state index contributed by atoms with van der Waals surface area (Å²) in [5.41, 5.74) is 2.26. The first-order chi connectivity index (χ1) is 7.17. The summed E-state index contributed by atoms with van der Waals surface area (Å²) in [6.07, 6.45) is 2.00. The molecule has 0 radical (unpaired) electrons. The fourth-order valence-corrected chi connectivity index (χ4v) is 1.57. The standard InChI is InChI=1S/C11H17N3S/c1-12-11(15-4)13-9-5-7-10(8-6-9)14(2)3/h5-8H,1-4H3,(H,12,13). The van der Waals surface area contributed by atoms with E-state index in [0.29, 0.717) is 0 Å². The van der Waals surface area contributed by atoms with Crippen LogP contribution in [-0.2, 0) is 0 Å². The SMILES string of the molecule is CN=C(Nc1ccc(N(C)C)cc1)SC. The number of anilines is 2. The second-order valence-corrected chi connectivity index (χ2v) is 4.09. The van der Waals surface area contributed by atoms with Crippen molar-refractivity contribution >= 4 is 28.3 Å². The summed E-state index contributed by atoms with van der Waals surface area (Å²) in [6, 6.07) is 8.26. The zero-order chi connectivity index (χ0) is 11.3. The molecule has 0 bridgehead atoms. The zero-order valence-electron chi connectivity index (χ0n) is 9.61. The van der Waals surface area contributed by atoms with Crippen molar-refractivity contribution in [3.05, 3.63) is 24.3 Å². The third-order valence-electron chi connectivity index (χ3n) is 2.03. The molecule has 0 aliphatic heterocycles. The van der Waals surface area contributed by atoms with Gasteiger partial charge in [0, 0.05) is 32.5 Å². The molecule has 0 heterocycles. The molecular formula is C11H17N3S. The fourth-order valence-electron chi connectivity index (χ4n) is 1.16. The summed E-state index contributed by atoms with van der Waals surface area (Å²) in [5.74, 6) is 0. The van der Waals surface area contributed by atoms with Gasteiger partial charge in [-0.1, -0.05) is 11.8 Å². The van der Waals surface area contributed by atoms with Gasteiger partial charge in [0.15, 0.2) is 5.17 Å². The average molecular weight is 223 g/mol. The molecule has 1 rings (SSSR count). The third-order valence-corrected chi connectivity index (χ3v) is 2.70. The molecular weight excluding hydrogens is 206 g/mol. The van der Waals surface area contributed by atoms with Crippen LogP contribution >= 0.6 is 11.8 Å². The Bertz CT molecular complexity index is 330. The van der Waals surface area contributed by atoms with Crippen LogP contribution in [0.1, 0.15) is 0 Å². The van der Waals surface area contributed by atoms with E-state index in [9.17, 15) is 0 Å². The van der Waals surface area contributed by atoms with Crippen molar-refractivity contribution in [2.45, 2.75) is 0 Å². The van der Waals surface area contributed by atoms with Gasteiger partial charge in [0.25, 0.3) is 0 Å². The van der Waals surface area contributed by atoms with Crippen molar-refractivity contribution < 1.29 is 0 Å². The first-order valence-electron chi connectivity index (χ1n) is 4.72. The van der Waals surface area contributed by atoms with Gasteiger partial charge in [0.2, 0.25) is 0 Å². The maximum absolute atomic E-state index is 4.12. The molecule has 82 valence electrons. The number of nitrogens with one attached hydrogen (secondary N) is 1. The van der Waals surface area contributed by atoms with Gasteiger partial charge < -0.3 is 10.2 Å². The first-order valence-corrected chi connectivity index (χ1v) is 5.95. The van der Waals surface area contributed by atoms with Crippen LogP contribution in [0.2, 0.25) is 0 Å². The molecule has 1 N–H and O–H groups in total. The fraction of sp³-hybridized carbons (Fsp3) is 0.364.